The molecule has 1 aromatic rings. The Morgan fingerprint density at radius 2 is 2.25 bits per heavy atom. The Bertz CT molecular complexity index is 384. The summed E-state index contributed by atoms with van der Waals surface area (Å²) in [4.78, 5) is 22.9. The molecule has 1 atom stereocenters. The van der Waals surface area contributed by atoms with Gasteiger partial charge in [-0.3, -0.25) is 4.79 Å². The largest absolute Gasteiger partial charge is 0.496 e. The molecular weight excluding hydrogens is 248 g/mol. The minimum absolute atomic E-state index is 0.498. The summed E-state index contributed by atoms with van der Waals surface area (Å²) in [6.45, 7) is 0. The monoisotopic (exact) mass is 258 g/mol. The number of benzene rings is 1. The Balaban J connectivity index is 3.37. The zero-order valence-electron chi connectivity index (χ0n) is 8.90. The molecule has 5 heteroatoms. The first-order valence-electron chi connectivity index (χ1n) is 4.51. The second-order valence-corrected chi connectivity index (χ2v) is 4.21. The Morgan fingerprint density at radius 3 is 2.69 bits per heavy atom. The van der Waals surface area contributed by atoms with Crippen molar-refractivity contribution in [2.45, 2.75) is 10.8 Å². The summed E-state index contributed by atoms with van der Waals surface area (Å²) in [5.74, 6) is -0.474. The third kappa shape index (κ3) is 2.57. The van der Waals surface area contributed by atoms with Gasteiger partial charge in [0.05, 0.1) is 7.11 Å². The molecule has 0 N–H and O–H groups in total. The fourth-order valence-corrected chi connectivity index (χ4v) is 2.24. The normalized spacial score (nSPS) is 11.9. The second-order valence-electron chi connectivity index (χ2n) is 2.99. The first-order chi connectivity index (χ1) is 7.65. The Kier molecular flexibility index (Phi) is 4.83. The Labute approximate surface area is 103 Å². The van der Waals surface area contributed by atoms with Gasteiger partial charge in [0.15, 0.2) is 0 Å². The first-order valence-corrected chi connectivity index (χ1v) is 6.11. The Hall–Kier alpha value is -1.00. The highest BCUT2D eigenvalue weighted by molar-refractivity contribution is 7.98. The van der Waals surface area contributed by atoms with Gasteiger partial charge in [-0.05, 0) is 30.0 Å². The van der Waals surface area contributed by atoms with Crippen LogP contribution in [0, 0.1) is 0 Å². The smallest absolute Gasteiger partial charge is 0.236 e. The van der Waals surface area contributed by atoms with E-state index >= 15 is 0 Å². The van der Waals surface area contributed by atoms with Gasteiger partial charge in [-0.2, -0.15) is 0 Å². The zero-order valence-corrected chi connectivity index (χ0v) is 10.5. The number of carbonyl (C=O) groups excluding carboxylic acids is 2. The molecule has 0 bridgehead atoms. The molecule has 1 unspecified atom stereocenters. The second kappa shape index (κ2) is 5.92. The fourth-order valence-electron chi connectivity index (χ4n) is 1.42. The van der Waals surface area contributed by atoms with Gasteiger partial charge in [0.2, 0.25) is 5.24 Å². The van der Waals surface area contributed by atoms with Crippen molar-refractivity contribution in [3.63, 3.8) is 0 Å². The van der Waals surface area contributed by atoms with Crippen molar-refractivity contribution in [3.05, 3.63) is 23.8 Å². The van der Waals surface area contributed by atoms with Crippen molar-refractivity contribution >= 4 is 34.9 Å². The molecule has 0 amide bonds. The van der Waals surface area contributed by atoms with E-state index in [1.54, 1.807) is 12.1 Å². The topological polar surface area (TPSA) is 43.4 Å². The summed E-state index contributed by atoms with van der Waals surface area (Å²) in [7, 11) is 1.49. The number of rotatable bonds is 5. The number of hydrogen-bond donors (Lipinski definition) is 0. The van der Waals surface area contributed by atoms with Crippen LogP contribution in [0.25, 0.3) is 0 Å². The van der Waals surface area contributed by atoms with Crippen LogP contribution in [-0.4, -0.2) is 24.9 Å². The molecule has 0 spiro atoms. The van der Waals surface area contributed by atoms with Crippen LogP contribution < -0.4 is 4.74 Å². The highest BCUT2D eigenvalue weighted by Gasteiger charge is 2.24. The summed E-state index contributed by atoms with van der Waals surface area (Å²) in [5.41, 5.74) is 0.535. The molecule has 0 saturated carbocycles. The van der Waals surface area contributed by atoms with Crippen molar-refractivity contribution in [2.24, 2.45) is 0 Å². The van der Waals surface area contributed by atoms with Crippen molar-refractivity contribution in [1.29, 1.82) is 0 Å². The van der Waals surface area contributed by atoms with E-state index in [0.717, 1.165) is 4.90 Å². The average Bonchev–Trinajstić information content (AvgIpc) is 2.29. The number of carbonyl (C=O) groups is 2. The SMILES string of the molecule is COc1cccc(SC)c1C(C=O)C(=O)Cl. The molecule has 0 fully saturated rings. The van der Waals surface area contributed by atoms with E-state index in [4.69, 9.17) is 16.3 Å². The van der Waals surface area contributed by atoms with Gasteiger partial charge in [-0.25, -0.2) is 0 Å². The van der Waals surface area contributed by atoms with Gasteiger partial charge < -0.3 is 9.53 Å². The first kappa shape index (κ1) is 13.1. The lowest BCUT2D eigenvalue weighted by Gasteiger charge is -2.14. The number of thioether (sulfide) groups is 1. The van der Waals surface area contributed by atoms with E-state index in [2.05, 4.69) is 0 Å². The highest BCUT2D eigenvalue weighted by Crippen LogP contribution is 2.35. The predicted molar refractivity (Wildman–Crippen MR) is 64.4 cm³/mol. The number of methoxy groups -OCH3 is 1. The van der Waals surface area contributed by atoms with Gasteiger partial charge in [0.25, 0.3) is 0 Å². The van der Waals surface area contributed by atoms with E-state index in [9.17, 15) is 9.59 Å². The number of hydrogen-bond acceptors (Lipinski definition) is 4. The van der Waals surface area contributed by atoms with Crippen LogP contribution in [0.4, 0.5) is 0 Å². The predicted octanol–water partition coefficient (Wildman–Crippen LogP) is 2.47. The van der Waals surface area contributed by atoms with Gasteiger partial charge in [-0.15, -0.1) is 11.8 Å². The van der Waals surface area contributed by atoms with Crippen molar-refractivity contribution in [1.82, 2.24) is 0 Å². The minimum Gasteiger partial charge on any atom is -0.496 e. The van der Waals surface area contributed by atoms with Crippen molar-refractivity contribution in [2.75, 3.05) is 13.4 Å². The van der Waals surface area contributed by atoms with Gasteiger partial charge >= 0.3 is 0 Å². The molecule has 0 aliphatic rings. The molecule has 0 saturated heterocycles. The molecule has 0 aromatic heterocycles. The lowest BCUT2D eigenvalue weighted by molar-refractivity contribution is -0.118. The summed E-state index contributed by atoms with van der Waals surface area (Å²) in [5, 5.41) is -0.699. The summed E-state index contributed by atoms with van der Waals surface area (Å²) >= 11 is 6.84. The number of ether oxygens (including phenoxy) is 1. The Morgan fingerprint density at radius 1 is 1.56 bits per heavy atom. The van der Waals surface area contributed by atoms with Crippen LogP contribution in [0.1, 0.15) is 11.5 Å². The third-order valence-electron chi connectivity index (χ3n) is 2.16. The lowest BCUT2D eigenvalue weighted by atomic mass is 10.0. The van der Waals surface area contributed by atoms with Crippen LogP contribution >= 0.6 is 23.4 Å². The molecule has 86 valence electrons. The molecule has 1 aromatic carbocycles. The van der Waals surface area contributed by atoms with Crippen molar-refractivity contribution < 1.29 is 14.3 Å². The quantitative estimate of drug-likeness (QED) is 0.352. The lowest BCUT2D eigenvalue weighted by Crippen LogP contribution is -2.11. The van der Waals surface area contributed by atoms with Gasteiger partial charge in [0, 0.05) is 10.5 Å². The molecule has 0 radical (unpaired) electrons. The standard InChI is InChI=1S/C11H11ClO3S/c1-15-8-4-3-5-9(16-2)10(8)7(6-13)11(12)14/h3-7H,1-2H3. The molecule has 1 rings (SSSR count). The summed E-state index contributed by atoms with van der Waals surface area (Å²) in [6.07, 6.45) is 2.39. The summed E-state index contributed by atoms with van der Waals surface area (Å²) in [6, 6.07) is 5.32. The van der Waals surface area contributed by atoms with E-state index in [1.807, 2.05) is 12.3 Å². The molecule has 16 heavy (non-hydrogen) atoms. The van der Waals surface area contributed by atoms with E-state index in [1.165, 1.54) is 18.9 Å². The van der Waals surface area contributed by atoms with E-state index in [0.29, 0.717) is 17.6 Å². The maximum atomic E-state index is 11.2. The van der Waals surface area contributed by atoms with Crippen LogP contribution in [0.3, 0.4) is 0 Å². The van der Waals surface area contributed by atoms with Gasteiger partial charge in [0.1, 0.15) is 18.0 Å². The van der Waals surface area contributed by atoms with Crippen LogP contribution in [0.15, 0.2) is 23.1 Å². The van der Waals surface area contributed by atoms with Gasteiger partial charge in [-0.1, -0.05) is 6.07 Å². The van der Waals surface area contributed by atoms with Crippen LogP contribution in [-0.2, 0) is 9.59 Å². The van der Waals surface area contributed by atoms with Crippen molar-refractivity contribution in [3.8, 4) is 5.75 Å². The number of halogens is 1. The van der Waals surface area contributed by atoms with E-state index < -0.39 is 11.2 Å². The van der Waals surface area contributed by atoms with Crippen LogP contribution in [0.2, 0.25) is 0 Å². The third-order valence-corrected chi connectivity index (χ3v) is 3.19. The van der Waals surface area contributed by atoms with Crippen LogP contribution in [0.5, 0.6) is 5.75 Å². The maximum absolute atomic E-state index is 11.2. The molecular formula is C11H11ClO3S. The van der Waals surface area contributed by atoms with E-state index in [-0.39, 0.29) is 0 Å². The highest BCUT2D eigenvalue weighted by atomic mass is 35.5. The molecule has 0 aliphatic carbocycles. The zero-order chi connectivity index (χ0) is 12.1. The minimum atomic E-state index is -0.972. The summed E-state index contributed by atoms with van der Waals surface area (Å²) < 4.78 is 5.14. The average molecular weight is 259 g/mol. The molecule has 0 aliphatic heterocycles. The molecule has 3 nitrogen and oxygen atoms in total. The fraction of sp³-hybridized carbons (Fsp3) is 0.273. The molecule has 0 heterocycles. The maximum Gasteiger partial charge on any atom is 0.236 e. The number of aldehydes is 1.